The molecule has 2 aliphatic rings. The lowest BCUT2D eigenvalue weighted by molar-refractivity contribution is -0.274. The number of aromatic nitrogens is 3. The number of nitrogens with zero attached hydrogens (tertiary/aromatic N) is 4. The van der Waals surface area contributed by atoms with Gasteiger partial charge in [0.2, 0.25) is 0 Å². The van der Waals surface area contributed by atoms with Crippen LogP contribution in [0.25, 0.3) is 22.0 Å². The lowest BCUT2D eigenvalue weighted by Gasteiger charge is -2.30. The molecule has 1 aliphatic heterocycles. The van der Waals surface area contributed by atoms with E-state index in [1.54, 1.807) is 18.2 Å². The van der Waals surface area contributed by atoms with Crippen molar-refractivity contribution >= 4 is 10.9 Å². The summed E-state index contributed by atoms with van der Waals surface area (Å²) in [6.07, 6.45) is -2.65. The number of rotatable bonds is 6. The fourth-order valence-corrected chi connectivity index (χ4v) is 4.30. The number of fused-ring (bicyclic) bond motifs is 1. The molecule has 0 amide bonds. The molecule has 1 saturated carbocycles. The van der Waals surface area contributed by atoms with Crippen molar-refractivity contribution in [1.82, 2.24) is 19.9 Å². The van der Waals surface area contributed by atoms with Crippen LogP contribution in [-0.2, 0) is 11.3 Å². The molecule has 2 fully saturated rings. The molecule has 1 aliphatic carbocycles. The van der Waals surface area contributed by atoms with Gasteiger partial charge in [-0.1, -0.05) is 23.4 Å². The third kappa shape index (κ3) is 5.01. The molecular weight excluding hydrogens is 437 g/mol. The van der Waals surface area contributed by atoms with Crippen molar-refractivity contribution in [3.05, 3.63) is 52.8 Å². The quantitative estimate of drug-likeness (QED) is 0.561. The van der Waals surface area contributed by atoms with E-state index in [-0.39, 0.29) is 16.7 Å². The molecule has 174 valence electrons. The minimum atomic E-state index is -4.74. The summed E-state index contributed by atoms with van der Waals surface area (Å²) in [6, 6.07) is 10.7. The number of benzene rings is 2. The van der Waals surface area contributed by atoms with E-state index in [2.05, 4.69) is 19.9 Å². The van der Waals surface area contributed by atoms with Gasteiger partial charge in [-0.25, -0.2) is 4.68 Å². The molecule has 0 unspecified atom stereocenters. The fourth-order valence-electron chi connectivity index (χ4n) is 4.30. The first-order chi connectivity index (χ1) is 15.8. The zero-order valence-corrected chi connectivity index (χ0v) is 17.8. The molecule has 33 heavy (non-hydrogen) atoms. The topological polar surface area (TPSA) is 69.5 Å². The lowest BCUT2D eigenvalue weighted by atomic mass is 10.0. The summed E-state index contributed by atoms with van der Waals surface area (Å²) in [5.41, 5.74) is 1.67. The second-order valence-corrected chi connectivity index (χ2v) is 8.74. The number of hydrogen-bond acceptors (Lipinski definition) is 6. The third-order valence-corrected chi connectivity index (χ3v) is 6.25. The van der Waals surface area contributed by atoms with E-state index >= 15 is 0 Å². The molecule has 1 aromatic heterocycles. The summed E-state index contributed by atoms with van der Waals surface area (Å²) in [5.74, 6) is -0.296. The van der Waals surface area contributed by atoms with Gasteiger partial charge in [0.15, 0.2) is 0 Å². The Balaban J connectivity index is 1.38. The Morgan fingerprint density at radius 2 is 1.70 bits per heavy atom. The Morgan fingerprint density at radius 1 is 1.00 bits per heavy atom. The number of ether oxygens (including phenoxy) is 2. The molecule has 7 nitrogen and oxygen atoms in total. The van der Waals surface area contributed by atoms with E-state index in [0.29, 0.717) is 28.6 Å². The minimum Gasteiger partial charge on any atom is -0.406 e. The smallest absolute Gasteiger partial charge is 0.406 e. The van der Waals surface area contributed by atoms with Crippen LogP contribution in [0.2, 0.25) is 0 Å². The Kier molecular flexibility index (Phi) is 5.57. The summed E-state index contributed by atoms with van der Waals surface area (Å²) in [7, 11) is 0. The highest BCUT2D eigenvalue weighted by Crippen LogP contribution is 2.47. The van der Waals surface area contributed by atoms with Crippen LogP contribution in [0.15, 0.2) is 47.3 Å². The Hall–Kier alpha value is -2.98. The van der Waals surface area contributed by atoms with Gasteiger partial charge in [-0.15, -0.1) is 18.3 Å². The SMILES string of the molecule is O=c1c2cc(-c3ccc(OC(F)(F)F)cc3)ccc2nnn1CC1(CN2CCOCC2)CC1. The second-order valence-electron chi connectivity index (χ2n) is 8.74. The van der Waals surface area contributed by atoms with Crippen molar-refractivity contribution in [2.45, 2.75) is 25.7 Å². The van der Waals surface area contributed by atoms with E-state index < -0.39 is 6.36 Å². The van der Waals surface area contributed by atoms with Crippen molar-refractivity contribution in [2.75, 3.05) is 32.8 Å². The first kappa shape index (κ1) is 21.8. The monoisotopic (exact) mass is 460 g/mol. The van der Waals surface area contributed by atoms with Gasteiger partial charge in [0.1, 0.15) is 11.3 Å². The summed E-state index contributed by atoms with van der Waals surface area (Å²) in [6.45, 7) is 4.69. The van der Waals surface area contributed by atoms with Crippen molar-refractivity contribution in [2.24, 2.45) is 5.41 Å². The Labute approximate surface area is 187 Å². The summed E-state index contributed by atoms with van der Waals surface area (Å²) in [5, 5.41) is 8.82. The van der Waals surface area contributed by atoms with Crippen LogP contribution in [-0.4, -0.2) is 59.1 Å². The minimum absolute atomic E-state index is 0.0372. The average molecular weight is 460 g/mol. The molecule has 0 atom stereocenters. The number of morpholine rings is 1. The van der Waals surface area contributed by atoms with Gasteiger partial charge in [0.05, 0.1) is 25.1 Å². The maximum absolute atomic E-state index is 13.2. The first-order valence-electron chi connectivity index (χ1n) is 10.8. The standard InChI is InChI=1S/C23H23F3N4O3/c24-23(25,26)33-18-4-1-16(2-5-18)17-3-6-20-19(13-17)21(31)30(28-27-20)15-22(7-8-22)14-29-9-11-32-12-10-29/h1-6,13H,7-12,14-15H2. The van der Waals surface area contributed by atoms with E-state index in [1.165, 1.54) is 28.9 Å². The van der Waals surface area contributed by atoms with Crippen LogP contribution in [0.3, 0.4) is 0 Å². The highest BCUT2D eigenvalue weighted by molar-refractivity contribution is 5.83. The molecule has 2 heterocycles. The van der Waals surface area contributed by atoms with Crippen molar-refractivity contribution < 1.29 is 22.6 Å². The van der Waals surface area contributed by atoms with Crippen LogP contribution in [0.4, 0.5) is 13.2 Å². The predicted octanol–water partition coefficient (Wildman–Crippen LogP) is 3.47. The van der Waals surface area contributed by atoms with Gasteiger partial charge in [0, 0.05) is 25.0 Å². The Morgan fingerprint density at radius 3 is 2.36 bits per heavy atom. The lowest BCUT2D eigenvalue weighted by Crippen LogP contribution is -2.42. The molecular formula is C23H23F3N4O3. The third-order valence-electron chi connectivity index (χ3n) is 6.25. The van der Waals surface area contributed by atoms with E-state index in [1.807, 2.05) is 0 Å². The molecule has 0 bridgehead atoms. The van der Waals surface area contributed by atoms with E-state index in [0.717, 1.165) is 45.7 Å². The number of hydrogen-bond donors (Lipinski definition) is 0. The van der Waals surface area contributed by atoms with Crippen molar-refractivity contribution in [1.29, 1.82) is 0 Å². The van der Waals surface area contributed by atoms with Gasteiger partial charge in [-0.2, -0.15) is 0 Å². The fraction of sp³-hybridized carbons (Fsp3) is 0.435. The van der Waals surface area contributed by atoms with Crippen LogP contribution in [0.5, 0.6) is 5.75 Å². The zero-order valence-electron chi connectivity index (χ0n) is 17.8. The summed E-state index contributed by atoms with van der Waals surface area (Å²) < 4.78 is 48.0. The van der Waals surface area contributed by atoms with E-state index in [9.17, 15) is 18.0 Å². The molecule has 0 N–H and O–H groups in total. The van der Waals surface area contributed by atoms with Crippen LogP contribution in [0, 0.1) is 5.41 Å². The van der Waals surface area contributed by atoms with Crippen molar-refractivity contribution in [3.63, 3.8) is 0 Å². The molecule has 0 radical (unpaired) electrons. The van der Waals surface area contributed by atoms with Crippen LogP contribution >= 0.6 is 0 Å². The molecule has 2 aromatic carbocycles. The van der Waals surface area contributed by atoms with Crippen LogP contribution < -0.4 is 10.3 Å². The predicted molar refractivity (Wildman–Crippen MR) is 115 cm³/mol. The summed E-state index contributed by atoms with van der Waals surface area (Å²) in [4.78, 5) is 15.6. The van der Waals surface area contributed by atoms with Crippen LogP contribution in [0.1, 0.15) is 12.8 Å². The maximum Gasteiger partial charge on any atom is 0.573 e. The van der Waals surface area contributed by atoms with Gasteiger partial charge >= 0.3 is 6.36 Å². The Bertz CT molecular complexity index is 1200. The van der Waals surface area contributed by atoms with Gasteiger partial charge < -0.3 is 9.47 Å². The average Bonchev–Trinajstić information content (AvgIpc) is 3.55. The highest BCUT2D eigenvalue weighted by Gasteiger charge is 2.45. The summed E-state index contributed by atoms with van der Waals surface area (Å²) >= 11 is 0. The highest BCUT2D eigenvalue weighted by atomic mass is 19.4. The second kappa shape index (κ2) is 8.42. The largest absolute Gasteiger partial charge is 0.573 e. The van der Waals surface area contributed by atoms with E-state index in [4.69, 9.17) is 4.74 Å². The maximum atomic E-state index is 13.2. The number of halogens is 3. The molecule has 1 saturated heterocycles. The number of alkyl halides is 3. The van der Waals surface area contributed by atoms with Gasteiger partial charge in [0.25, 0.3) is 5.56 Å². The zero-order chi connectivity index (χ0) is 23.1. The first-order valence-corrected chi connectivity index (χ1v) is 10.8. The molecule has 3 aromatic rings. The molecule has 0 spiro atoms. The normalized spacial score (nSPS) is 18.4. The molecule has 10 heteroatoms. The molecule has 5 rings (SSSR count). The van der Waals surface area contributed by atoms with Crippen molar-refractivity contribution in [3.8, 4) is 16.9 Å². The van der Waals surface area contributed by atoms with Gasteiger partial charge in [-0.3, -0.25) is 9.69 Å². The van der Waals surface area contributed by atoms with Gasteiger partial charge in [-0.05, 0) is 48.2 Å².